The van der Waals surface area contributed by atoms with Crippen molar-refractivity contribution in [2.24, 2.45) is 0 Å². The maximum atomic E-state index is 8.66. The number of rotatable bonds is 1. The van der Waals surface area contributed by atoms with Crippen molar-refractivity contribution in [2.75, 3.05) is 6.61 Å². The van der Waals surface area contributed by atoms with Crippen molar-refractivity contribution in [1.29, 1.82) is 0 Å². The summed E-state index contributed by atoms with van der Waals surface area (Å²) in [7, 11) is 0. The molecule has 0 amide bonds. The monoisotopic (exact) mass is 152 g/mol. The molecule has 0 saturated heterocycles. The van der Waals surface area contributed by atoms with Crippen molar-refractivity contribution in [2.45, 2.75) is 20.3 Å². The van der Waals surface area contributed by atoms with Gasteiger partial charge in [0.25, 0.3) is 0 Å². The van der Waals surface area contributed by atoms with E-state index >= 15 is 0 Å². The zero-order chi connectivity index (χ0) is 8.53. The first-order valence-corrected chi connectivity index (χ1v) is 4.06. The van der Waals surface area contributed by atoms with Gasteiger partial charge in [-0.25, -0.2) is 0 Å². The molecule has 0 aromatic rings. The smallest absolute Gasteiger partial charge is 0.0681 e. The fourth-order valence-electron chi connectivity index (χ4n) is 0.729. The molecule has 0 fully saturated rings. The molecule has 0 unspecified atom stereocenters. The van der Waals surface area contributed by atoms with Crippen LogP contribution >= 0.6 is 0 Å². The topological polar surface area (TPSA) is 20.2 Å². The Morgan fingerprint density at radius 2 is 2.09 bits per heavy atom. The molecule has 0 spiro atoms. The molecule has 0 aromatic heterocycles. The van der Waals surface area contributed by atoms with E-state index in [4.69, 9.17) is 5.11 Å². The van der Waals surface area contributed by atoms with E-state index in [0.717, 1.165) is 12.0 Å². The third-order valence-electron chi connectivity index (χ3n) is 1.23. The highest BCUT2D eigenvalue weighted by Crippen LogP contribution is 2.02. The van der Waals surface area contributed by atoms with Gasteiger partial charge in [0, 0.05) is 0 Å². The maximum absolute atomic E-state index is 8.66. The summed E-state index contributed by atoms with van der Waals surface area (Å²) in [6, 6.07) is 0. The minimum absolute atomic E-state index is 0.140. The molecule has 0 radical (unpaired) electrons. The summed E-state index contributed by atoms with van der Waals surface area (Å²) in [6.45, 7) is 4.14. The molecule has 0 aromatic carbocycles. The predicted molar refractivity (Wildman–Crippen MR) is 49.4 cm³/mol. The van der Waals surface area contributed by atoms with Crippen LogP contribution < -0.4 is 0 Å². The molecule has 0 atom stereocenters. The second kappa shape index (κ2) is 7.29. The first kappa shape index (κ1) is 10.2. The second-order valence-electron chi connectivity index (χ2n) is 1.97. The molecular formula is C10H16O. The van der Waals surface area contributed by atoms with Gasteiger partial charge in [0.05, 0.1) is 6.61 Å². The first-order valence-electron chi connectivity index (χ1n) is 4.06. The lowest BCUT2D eigenvalue weighted by molar-refractivity contribution is 0.335. The van der Waals surface area contributed by atoms with E-state index < -0.39 is 0 Å². The summed E-state index contributed by atoms with van der Waals surface area (Å²) in [5, 5.41) is 8.66. The van der Waals surface area contributed by atoms with Gasteiger partial charge in [-0.3, -0.25) is 0 Å². The Morgan fingerprint density at radius 3 is 2.73 bits per heavy atom. The van der Waals surface area contributed by atoms with Gasteiger partial charge in [-0.1, -0.05) is 44.2 Å². The van der Waals surface area contributed by atoms with E-state index in [-0.39, 0.29) is 6.61 Å². The van der Waals surface area contributed by atoms with Crippen LogP contribution in [0.3, 0.4) is 0 Å². The summed E-state index contributed by atoms with van der Waals surface area (Å²) >= 11 is 0. The molecule has 0 bridgehead atoms. The zero-order valence-corrected chi connectivity index (χ0v) is 7.25. The molecule has 1 aliphatic rings. The van der Waals surface area contributed by atoms with E-state index in [9.17, 15) is 0 Å². The van der Waals surface area contributed by atoms with Crippen LogP contribution in [0, 0.1) is 0 Å². The van der Waals surface area contributed by atoms with E-state index in [2.05, 4.69) is 6.08 Å². The van der Waals surface area contributed by atoms with E-state index in [1.54, 1.807) is 0 Å². The molecule has 62 valence electrons. The molecule has 1 rings (SSSR count). The average Bonchev–Trinajstić information content (AvgIpc) is 2.35. The molecule has 1 nitrogen and oxygen atoms in total. The average molecular weight is 152 g/mol. The summed E-state index contributed by atoms with van der Waals surface area (Å²) in [4.78, 5) is 0. The zero-order valence-electron chi connectivity index (χ0n) is 7.25. The number of hydrogen-bond acceptors (Lipinski definition) is 1. The predicted octanol–water partition coefficient (Wildman–Crippen LogP) is 2.45. The molecule has 0 aliphatic heterocycles. The van der Waals surface area contributed by atoms with Crippen LogP contribution in [0.15, 0.2) is 36.0 Å². The van der Waals surface area contributed by atoms with E-state index in [1.165, 1.54) is 0 Å². The lowest BCUT2D eigenvalue weighted by Gasteiger charge is -1.89. The van der Waals surface area contributed by atoms with Crippen LogP contribution in [0.1, 0.15) is 20.3 Å². The first-order chi connectivity index (χ1) is 5.43. The lowest BCUT2D eigenvalue weighted by atomic mass is 10.2. The largest absolute Gasteiger partial charge is 0.392 e. The molecule has 0 saturated carbocycles. The Bertz CT molecular complexity index is 164. The Balaban J connectivity index is 0.000000461. The van der Waals surface area contributed by atoms with Crippen LogP contribution in [-0.4, -0.2) is 11.7 Å². The highest BCUT2D eigenvalue weighted by atomic mass is 16.3. The molecular weight excluding hydrogens is 136 g/mol. The van der Waals surface area contributed by atoms with Crippen LogP contribution in [0.25, 0.3) is 0 Å². The van der Waals surface area contributed by atoms with Crippen molar-refractivity contribution in [1.82, 2.24) is 0 Å². The minimum atomic E-state index is 0.140. The highest BCUT2D eigenvalue weighted by Gasteiger charge is 1.87. The fraction of sp³-hybridized carbons (Fsp3) is 0.400. The standard InChI is InChI=1S/C8H10O.C2H6/c9-7-8-5-3-1-2-4-6-8;1-2/h1,3-6,9H,2,7H2;1-2H3. The van der Waals surface area contributed by atoms with Gasteiger partial charge < -0.3 is 5.11 Å². The van der Waals surface area contributed by atoms with E-state index in [1.807, 2.05) is 38.2 Å². The van der Waals surface area contributed by atoms with E-state index in [0.29, 0.717) is 0 Å². The van der Waals surface area contributed by atoms with Gasteiger partial charge in [-0.2, -0.15) is 0 Å². The number of hydrogen-bond donors (Lipinski definition) is 1. The van der Waals surface area contributed by atoms with Gasteiger partial charge >= 0.3 is 0 Å². The Hall–Kier alpha value is -0.820. The lowest BCUT2D eigenvalue weighted by Crippen LogP contribution is -1.82. The van der Waals surface area contributed by atoms with Crippen molar-refractivity contribution in [3.05, 3.63) is 36.0 Å². The number of allylic oxidation sites excluding steroid dienone is 4. The van der Waals surface area contributed by atoms with Gasteiger partial charge in [0.2, 0.25) is 0 Å². The number of aliphatic hydroxyl groups is 1. The maximum Gasteiger partial charge on any atom is 0.0681 e. The second-order valence-corrected chi connectivity index (χ2v) is 1.97. The summed E-state index contributed by atoms with van der Waals surface area (Å²) < 4.78 is 0. The van der Waals surface area contributed by atoms with Crippen LogP contribution in [0.5, 0.6) is 0 Å². The molecule has 1 heteroatoms. The molecule has 11 heavy (non-hydrogen) atoms. The minimum Gasteiger partial charge on any atom is -0.392 e. The van der Waals surface area contributed by atoms with Gasteiger partial charge in [-0.15, -0.1) is 0 Å². The Labute approximate surface area is 68.7 Å². The van der Waals surface area contributed by atoms with Crippen molar-refractivity contribution < 1.29 is 5.11 Å². The van der Waals surface area contributed by atoms with Gasteiger partial charge in [0.1, 0.15) is 0 Å². The van der Waals surface area contributed by atoms with Crippen LogP contribution in [-0.2, 0) is 0 Å². The van der Waals surface area contributed by atoms with Crippen molar-refractivity contribution in [3.63, 3.8) is 0 Å². The van der Waals surface area contributed by atoms with Gasteiger partial charge in [0.15, 0.2) is 0 Å². The fourth-order valence-corrected chi connectivity index (χ4v) is 0.729. The van der Waals surface area contributed by atoms with Crippen LogP contribution in [0.2, 0.25) is 0 Å². The van der Waals surface area contributed by atoms with Gasteiger partial charge in [-0.05, 0) is 12.0 Å². The third kappa shape index (κ3) is 4.57. The SMILES string of the molecule is CC.OCC1=CC=CCC=C1. The Morgan fingerprint density at radius 1 is 1.36 bits per heavy atom. The third-order valence-corrected chi connectivity index (χ3v) is 1.23. The highest BCUT2D eigenvalue weighted by molar-refractivity contribution is 5.27. The summed E-state index contributed by atoms with van der Waals surface area (Å²) in [5.41, 5.74) is 0.976. The molecule has 1 aliphatic carbocycles. The molecule has 0 heterocycles. The number of aliphatic hydroxyl groups excluding tert-OH is 1. The Kier molecular flexibility index (Phi) is 6.75. The quantitative estimate of drug-likeness (QED) is 0.612. The summed E-state index contributed by atoms with van der Waals surface area (Å²) in [6.07, 6.45) is 10.9. The summed E-state index contributed by atoms with van der Waals surface area (Å²) in [5.74, 6) is 0. The van der Waals surface area contributed by atoms with Crippen molar-refractivity contribution in [3.8, 4) is 0 Å². The van der Waals surface area contributed by atoms with Crippen molar-refractivity contribution >= 4 is 0 Å². The normalized spacial score (nSPS) is 14.6. The molecule has 1 N–H and O–H groups in total. The van der Waals surface area contributed by atoms with Crippen LogP contribution in [0.4, 0.5) is 0 Å².